The number of hydrogen-bond acceptors (Lipinski definition) is 6. The lowest BCUT2D eigenvalue weighted by Crippen LogP contribution is -2.44. The predicted octanol–water partition coefficient (Wildman–Crippen LogP) is 2.76. The number of carbonyl (C=O) groups is 2. The Labute approximate surface area is 173 Å². The van der Waals surface area contributed by atoms with Gasteiger partial charge in [-0.25, -0.2) is 0 Å². The average Bonchev–Trinajstić information content (AvgIpc) is 3.12. The van der Waals surface area contributed by atoms with Crippen LogP contribution in [-0.4, -0.2) is 42.9 Å². The van der Waals surface area contributed by atoms with Crippen molar-refractivity contribution < 1.29 is 14.5 Å². The number of nitrogens with zero attached hydrogens (tertiary/aromatic N) is 3. The molecule has 0 radical (unpaired) electrons. The fourth-order valence-corrected chi connectivity index (χ4v) is 4.26. The summed E-state index contributed by atoms with van der Waals surface area (Å²) in [6.07, 6.45) is 0.835. The molecular weight excluding hydrogens is 386 g/mol. The van der Waals surface area contributed by atoms with Crippen LogP contribution in [0.15, 0.2) is 36.4 Å². The molecule has 0 saturated heterocycles. The standard InChI is InChI=1S/C21H23N5O4/c1-13-11-19(27)23-16-5-3-4-6-17(16)25(13)20(28)12-24(2)21-14-9-10-22-15(14)7-8-18(21)26(29)30/h3-8,13,22H,9-12H2,1-2H3,(H,23,27). The Balaban J connectivity index is 1.67. The Morgan fingerprint density at radius 3 is 2.80 bits per heavy atom. The molecule has 2 heterocycles. The molecule has 9 nitrogen and oxygen atoms in total. The van der Waals surface area contributed by atoms with E-state index in [2.05, 4.69) is 10.6 Å². The second kappa shape index (κ2) is 7.66. The molecule has 30 heavy (non-hydrogen) atoms. The van der Waals surface area contributed by atoms with Crippen LogP contribution in [0.25, 0.3) is 0 Å². The van der Waals surface area contributed by atoms with Crippen molar-refractivity contribution >= 4 is 40.3 Å². The summed E-state index contributed by atoms with van der Waals surface area (Å²) in [5.41, 5.74) is 3.36. The summed E-state index contributed by atoms with van der Waals surface area (Å²) in [5, 5.41) is 17.7. The van der Waals surface area contributed by atoms with Crippen molar-refractivity contribution in [3.05, 3.63) is 52.1 Å². The van der Waals surface area contributed by atoms with Gasteiger partial charge in [-0.05, 0) is 31.5 Å². The molecule has 1 atom stereocenters. The van der Waals surface area contributed by atoms with E-state index in [0.717, 1.165) is 11.3 Å². The Morgan fingerprint density at radius 1 is 1.27 bits per heavy atom. The van der Waals surface area contributed by atoms with E-state index in [9.17, 15) is 19.7 Å². The summed E-state index contributed by atoms with van der Waals surface area (Å²) in [6, 6.07) is 10.0. The number of benzene rings is 2. The van der Waals surface area contributed by atoms with E-state index >= 15 is 0 Å². The van der Waals surface area contributed by atoms with Gasteiger partial charge in [0.15, 0.2) is 0 Å². The zero-order chi connectivity index (χ0) is 21.4. The Bertz CT molecular complexity index is 1040. The van der Waals surface area contributed by atoms with Crippen LogP contribution in [0.3, 0.4) is 0 Å². The van der Waals surface area contributed by atoms with Gasteiger partial charge in [0, 0.05) is 43.4 Å². The number of amides is 2. The number of para-hydroxylation sites is 2. The van der Waals surface area contributed by atoms with E-state index in [1.807, 2.05) is 13.0 Å². The highest BCUT2D eigenvalue weighted by Gasteiger charge is 2.32. The van der Waals surface area contributed by atoms with Gasteiger partial charge in [-0.3, -0.25) is 19.7 Å². The molecule has 0 saturated carbocycles. The largest absolute Gasteiger partial charge is 0.384 e. The summed E-state index contributed by atoms with van der Waals surface area (Å²) in [4.78, 5) is 40.0. The monoisotopic (exact) mass is 409 g/mol. The number of likely N-dealkylation sites (N-methyl/N-ethyl adjacent to an activating group) is 1. The van der Waals surface area contributed by atoms with Crippen molar-refractivity contribution in [3.8, 4) is 0 Å². The second-order valence-electron chi connectivity index (χ2n) is 7.63. The predicted molar refractivity (Wildman–Crippen MR) is 115 cm³/mol. The maximum Gasteiger partial charge on any atom is 0.292 e. The van der Waals surface area contributed by atoms with Crippen molar-refractivity contribution in [2.75, 3.05) is 40.6 Å². The number of fused-ring (bicyclic) bond motifs is 2. The minimum absolute atomic E-state index is 0.0195. The summed E-state index contributed by atoms with van der Waals surface area (Å²) in [7, 11) is 1.69. The number of anilines is 4. The van der Waals surface area contributed by atoms with Gasteiger partial charge in [0.1, 0.15) is 5.69 Å². The van der Waals surface area contributed by atoms with Crippen LogP contribution in [0, 0.1) is 10.1 Å². The number of nitro benzene ring substituents is 1. The van der Waals surface area contributed by atoms with Crippen molar-refractivity contribution in [2.24, 2.45) is 0 Å². The van der Waals surface area contributed by atoms with Crippen LogP contribution in [0.4, 0.5) is 28.4 Å². The topological polar surface area (TPSA) is 108 Å². The van der Waals surface area contributed by atoms with Gasteiger partial charge in [0.05, 0.1) is 22.8 Å². The third-order valence-corrected chi connectivity index (χ3v) is 5.53. The van der Waals surface area contributed by atoms with Crippen LogP contribution >= 0.6 is 0 Å². The molecular formula is C21H23N5O4. The minimum Gasteiger partial charge on any atom is -0.384 e. The fourth-order valence-electron chi connectivity index (χ4n) is 4.26. The molecule has 1 unspecified atom stereocenters. The third kappa shape index (κ3) is 3.42. The molecule has 2 amide bonds. The smallest absolute Gasteiger partial charge is 0.292 e. The van der Waals surface area contributed by atoms with E-state index in [-0.39, 0.29) is 36.5 Å². The molecule has 156 valence electrons. The SMILES string of the molecule is CC1CC(=O)Nc2ccccc2N1C(=O)CN(C)c1c([N+](=O)[O-])ccc2c1CCN2. The lowest BCUT2D eigenvalue weighted by atomic mass is 10.1. The zero-order valence-corrected chi connectivity index (χ0v) is 16.8. The fraction of sp³-hybridized carbons (Fsp3) is 0.333. The third-order valence-electron chi connectivity index (χ3n) is 5.53. The first-order valence-electron chi connectivity index (χ1n) is 9.83. The van der Waals surface area contributed by atoms with Crippen molar-refractivity contribution in [1.29, 1.82) is 0 Å². The number of hydrogen-bond donors (Lipinski definition) is 2. The highest BCUT2D eigenvalue weighted by molar-refractivity contribution is 6.05. The number of nitro groups is 1. The normalized spacial score (nSPS) is 17.3. The van der Waals surface area contributed by atoms with Crippen LogP contribution in [-0.2, 0) is 16.0 Å². The summed E-state index contributed by atoms with van der Waals surface area (Å²) in [6.45, 7) is 2.48. The molecule has 4 rings (SSSR count). The molecule has 0 bridgehead atoms. The lowest BCUT2D eigenvalue weighted by Gasteiger charge is -2.30. The zero-order valence-electron chi connectivity index (χ0n) is 16.8. The van der Waals surface area contributed by atoms with Gasteiger partial charge < -0.3 is 20.4 Å². The summed E-state index contributed by atoms with van der Waals surface area (Å²) in [5.74, 6) is -0.381. The first kappa shape index (κ1) is 19.7. The van der Waals surface area contributed by atoms with E-state index in [0.29, 0.717) is 30.0 Å². The molecule has 0 fully saturated rings. The molecule has 0 aromatic heterocycles. The molecule has 2 aliphatic heterocycles. The Kier molecular flexibility index (Phi) is 5.03. The van der Waals surface area contributed by atoms with Gasteiger partial charge in [0.2, 0.25) is 11.8 Å². The molecule has 2 aliphatic rings. The van der Waals surface area contributed by atoms with Crippen molar-refractivity contribution in [1.82, 2.24) is 0 Å². The summed E-state index contributed by atoms with van der Waals surface area (Å²) < 4.78 is 0. The quantitative estimate of drug-likeness (QED) is 0.594. The molecule has 0 spiro atoms. The molecule has 2 aromatic carbocycles. The van der Waals surface area contributed by atoms with Crippen molar-refractivity contribution in [3.63, 3.8) is 0 Å². The molecule has 9 heteroatoms. The van der Waals surface area contributed by atoms with Gasteiger partial charge in [-0.1, -0.05) is 12.1 Å². The lowest BCUT2D eigenvalue weighted by molar-refractivity contribution is -0.384. The van der Waals surface area contributed by atoms with E-state index in [1.165, 1.54) is 6.07 Å². The van der Waals surface area contributed by atoms with Gasteiger partial charge in [0.25, 0.3) is 5.69 Å². The average molecular weight is 409 g/mol. The van der Waals surface area contributed by atoms with Crippen LogP contribution < -0.4 is 20.4 Å². The Morgan fingerprint density at radius 2 is 2.03 bits per heavy atom. The second-order valence-corrected chi connectivity index (χ2v) is 7.63. The van der Waals surface area contributed by atoms with E-state index < -0.39 is 4.92 Å². The molecule has 2 N–H and O–H groups in total. The molecule has 0 aliphatic carbocycles. The number of nitrogens with one attached hydrogen (secondary N) is 2. The first-order valence-corrected chi connectivity index (χ1v) is 9.83. The highest BCUT2D eigenvalue weighted by Crippen LogP contribution is 2.39. The highest BCUT2D eigenvalue weighted by atomic mass is 16.6. The number of rotatable bonds is 4. The van der Waals surface area contributed by atoms with E-state index in [1.54, 1.807) is 41.1 Å². The van der Waals surface area contributed by atoms with Crippen molar-refractivity contribution in [2.45, 2.75) is 25.8 Å². The first-order chi connectivity index (χ1) is 14.4. The van der Waals surface area contributed by atoms with Crippen LogP contribution in [0.1, 0.15) is 18.9 Å². The minimum atomic E-state index is -0.415. The van der Waals surface area contributed by atoms with Gasteiger partial charge >= 0.3 is 0 Å². The van der Waals surface area contributed by atoms with Gasteiger partial charge in [-0.2, -0.15) is 0 Å². The maximum absolute atomic E-state index is 13.4. The maximum atomic E-state index is 13.4. The Hall–Kier alpha value is -3.62. The van der Waals surface area contributed by atoms with Gasteiger partial charge in [-0.15, -0.1) is 0 Å². The van der Waals surface area contributed by atoms with Crippen LogP contribution in [0.5, 0.6) is 0 Å². The summed E-state index contributed by atoms with van der Waals surface area (Å²) >= 11 is 0. The number of carbonyl (C=O) groups excluding carboxylic acids is 2. The van der Waals surface area contributed by atoms with E-state index in [4.69, 9.17) is 0 Å². The molecule has 2 aromatic rings. The van der Waals surface area contributed by atoms with Crippen LogP contribution in [0.2, 0.25) is 0 Å².